The molecule has 25 heavy (non-hydrogen) atoms. The van der Waals surface area contributed by atoms with Gasteiger partial charge in [-0.3, -0.25) is 9.59 Å². The van der Waals surface area contributed by atoms with E-state index in [2.05, 4.69) is 11.4 Å². The van der Waals surface area contributed by atoms with Crippen LogP contribution in [-0.2, 0) is 4.79 Å². The molecule has 1 unspecified atom stereocenters. The number of benzene rings is 2. The molecule has 2 amide bonds. The number of nitrogens with one attached hydrogen (secondary N) is 1. The number of anilines is 1. The number of carbonyl (C=O) groups excluding carboxylic acids is 2. The molecule has 1 aliphatic heterocycles. The zero-order chi connectivity index (χ0) is 17.8. The van der Waals surface area contributed by atoms with Gasteiger partial charge in [-0.25, -0.2) is 0 Å². The number of rotatable bonds is 5. The lowest BCUT2D eigenvalue weighted by Crippen LogP contribution is -2.29. The first-order valence-corrected chi connectivity index (χ1v) is 8.39. The monoisotopic (exact) mass is 338 g/mol. The zero-order valence-corrected chi connectivity index (χ0v) is 14.5. The summed E-state index contributed by atoms with van der Waals surface area (Å²) < 4.78 is 5.15. The van der Waals surface area contributed by atoms with Crippen molar-refractivity contribution in [1.82, 2.24) is 5.32 Å². The molecule has 2 aromatic rings. The van der Waals surface area contributed by atoms with Gasteiger partial charge in [0.2, 0.25) is 5.91 Å². The van der Waals surface area contributed by atoms with Crippen LogP contribution in [0.15, 0.2) is 48.5 Å². The molecular formula is C20H22N2O3. The predicted octanol–water partition coefficient (Wildman–Crippen LogP) is 2.97. The van der Waals surface area contributed by atoms with Crippen LogP contribution in [0.5, 0.6) is 5.75 Å². The van der Waals surface area contributed by atoms with E-state index < -0.39 is 0 Å². The largest absolute Gasteiger partial charge is 0.497 e. The summed E-state index contributed by atoms with van der Waals surface area (Å²) in [5, 5.41) is 2.95. The molecule has 0 saturated heterocycles. The number of fused-ring (bicyclic) bond motifs is 1. The summed E-state index contributed by atoms with van der Waals surface area (Å²) in [4.78, 5) is 25.9. The quantitative estimate of drug-likeness (QED) is 0.912. The van der Waals surface area contributed by atoms with Gasteiger partial charge in [-0.05, 0) is 36.2 Å². The van der Waals surface area contributed by atoms with Crippen molar-refractivity contribution in [1.29, 1.82) is 0 Å². The molecule has 5 nitrogen and oxygen atoms in total. The van der Waals surface area contributed by atoms with Crippen LogP contribution in [0.3, 0.4) is 0 Å². The van der Waals surface area contributed by atoms with Crippen molar-refractivity contribution in [2.24, 2.45) is 0 Å². The summed E-state index contributed by atoms with van der Waals surface area (Å²) in [6.07, 6.45) is 0.788. The van der Waals surface area contributed by atoms with E-state index in [0.717, 1.165) is 12.1 Å². The maximum Gasteiger partial charge on any atom is 0.251 e. The van der Waals surface area contributed by atoms with Crippen molar-refractivity contribution in [3.05, 3.63) is 59.7 Å². The average molecular weight is 338 g/mol. The van der Waals surface area contributed by atoms with Gasteiger partial charge in [-0.2, -0.15) is 0 Å². The minimum Gasteiger partial charge on any atom is -0.497 e. The van der Waals surface area contributed by atoms with E-state index in [1.165, 1.54) is 5.56 Å². The summed E-state index contributed by atoms with van der Waals surface area (Å²) in [5.74, 6) is 0.837. The maximum atomic E-state index is 12.3. The van der Waals surface area contributed by atoms with Crippen molar-refractivity contribution >= 4 is 17.5 Å². The smallest absolute Gasteiger partial charge is 0.251 e. The molecule has 1 N–H and O–H groups in total. The number of carbonyl (C=O) groups is 2. The second-order valence-corrected chi connectivity index (χ2v) is 6.16. The van der Waals surface area contributed by atoms with Crippen LogP contribution in [0.1, 0.15) is 35.2 Å². The molecule has 0 spiro atoms. The highest BCUT2D eigenvalue weighted by Crippen LogP contribution is 2.37. The molecule has 130 valence electrons. The maximum absolute atomic E-state index is 12.3. The predicted molar refractivity (Wildman–Crippen MR) is 97.2 cm³/mol. The second-order valence-electron chi connectivity index (χ2n) is 6.16. The third kappa shape index (κ3) is 3.65. The molecule has 1 heterocycles. The minimum atomic E-state index is -0.117. The van der Waals surface area contributed by atoms with Crippen molar-refractivity contribution in [2.75, 3.05) is 25.1 Å². The van der Waals surface area contributed by atoms with Crippen LogP contribution in [0.25, 0.3) is 0 Å². The molecular weight excluding hydrogens is 316 g/mol. The van der Waals surface area contributed by atoms with Gasteiger partial charge in [0.1, 0.15) is 5.75 Å². The van der Waals surface area contributed by atoms with Crippen LogP contribution in [0.2, 0.25) is 0 Å². The SMILES string of the molecule is COc1cccc(C(=O)NCCC2CN(C(C)=O)c3ccccc32)c1. The normalized spacial score (nSPS) is 15.6. The Kier molecular flexibility index (Phi) is 5.03. The number of amides is 2. The molecule has 0 fully saturated rings. The highest BCUT2D eigenvalue weighted by atomic mass is 16.5. The van der Waals surface area contributed by atoms with Gasteiger partial charge >= 0.3 is 0 Å². The molecule has 5 heteroatoms. The lowest BCUT2D eigenvalue weighted by atomic mass is 9.98. The van der Waals surface area contributed by atoms with Gasteiger partial charge in [-0.1, -0.05) is 24.3 Å². The molecule has 0 bridgehead atoms. The third-order valence-electron chi connectivity index (χ3n) is 4.56. The number of hydrogen-bond donors (Lipinski definition) is 1. The van der Waals surface area contributed by atoms with E-state index in [4.69, 9.17) is 4.74 Å². The Labute approximate surface area is 147 Å². The van der Waals surface area contributed by atoms with Gasteiger partial charge in [0.05, 0.1) is 7.11 Å². The third-order valence-corrected chi connectivity index (χ3v) is 4.56. The number of nitrogens with zero attached hydrogens (tertiary/aromatic N) is 1. The van der Waals surface area contributed by atoms with Crippen molar-refractivity contribution in [2.45, 2.75) is 19.3 Å². The van der Waals surface area contributed by atoms with E-state index in [-0.39, 0.29) is 17.7 Å². The van der Waals surface area contributed by atoms with Crippen LogP contribution in [0, 0.1) is 0 Å². The lowest BCUT2D eigenvalue weighted by molar-refractivity contribution is -0.116. The Morgan fingerprint density at radius 2 is 2.00 bits per heavy atom. The number of methoxy groups -OCH3 is 1. The Balaban J connectivity index is 1.61. The van der Waals surface area contributed by atoms with Gasteiger partial charge in [0.15, 0.2) is 0 Å². The first-order valence-electron chi connectivity index (χ1n) is 8.39. The van der Waals surface area contributed by atoms with E-state index in [0.29, 0.717) is 24.4 Å². The highest BCUT2D eigenvalue weighted by Gasteiger charge is 2.30. The van der Waals surface area contributed by atoms with Crippen molar-refractivity contribution < 1.29 is 14.3 Å². The number of ether oxygens (including phenoxy) is 1. The average Bonchev–Trinajstić information content (AvgIpc) is 3.01. The molecule has 1 atom stereocenters. The second kappa shape index (κ2) is 7.38. The van der Waals surface area contributed by atoms with Gasteiger partial charge in [-0.15, -0.1) is 0 Å². The summed E-state index contributed by atoms with van der Waals surface area (Å²) >= 11 is 0. The molecule has 3 rings (SSSR count). The standard InChI is InChI=1S/C20H22N2O3/c1-14(23)22-13-16(18-8-3-4-9-19(18)22)10-11-21-20(24)15-6-5-7-17(12-15)25-2/h3-9,12,16H,10-11,13H2,1-2H3,(H,21,24). The zero-order valence-electron chi connectivity index (χ0n) is 14.5. The van der Waals surface area contributed by atoms with Crippen LogP contribution < -0.4 is 15.0 Å². The molecule has 0 radical (unpaired) electrons. The molecule has 2 aromatic carbocycles. The summed E-state index contributed by atoms with van der Waals surface area (Å²) in [6.45, 7) is 2.81. The van der Waals surface area contributed by atoms with Gasteiger partial charge < -0.3 is 15.0 Å². The van der Waals surface area contributed by atoms with Crippen LogP contribution in [-0.4, -0.2) is 32.0 Å². The van der Waals surface area contributed by atoms with E-state index in [1.54, 1.807) is 32.2 Å². The van der Waals surface area contributed by atoms with E-state index in [9.17, 15) is 9.59 Å². The topological polar surface area (TPSA) is 58.6 Å². The fourth-order valence-electron chi connectivity index (χ4n) is 3.27. The van der Waals surface area contributed by atoms with E-state index >= 15 is 0 Å². The minimum absolute atomic E-state index is 0.0513. The number of hydrogen-bond acceptors (Lipinski definition) is 3. The fourth-order valence-corrected chi connectivity index (χ4v) is 3.27. The van der Waals surface area contributed by atoms with Crippen LogP contribution in [0.4, 0.5) is 5.69 Å². The number of para-hydroxylation sites is 1. The highest BCUT2D eigenvalue weighted by molar-refractivity contribution is 5.95. The molecule has 0 aromatic heterocycles. The molecule has 0 saturated carbocycles. The summed E-state index contributed by atoms with van der Waals surface area (Å²) in [6, 6.07) is 15.1. The van der Waals surface area contributed by atoms with Crippen molar-refractivity contribution in [3.8, 4) is 5.75 Å². The first-order chi connectivity index (χ1) is 12.1. The summed E-state index contributed by atoms with van der Waals surface area (Å²) in [5.41, 5.74) is 2.74. The Morgan fingerprint density at radius 3 is 2.76 bits per heavy atom. The first kappa shape index (κ1) is 17.0. The molecule has 1 aliphatic rings. The Hall–Kier alpha value is -2.82. The fraction of sp³-hybridized carbons (Fsp3) is 0.300. The summed E-state index contributed by atoms with van der Waals surface area (Å²) in [7, 11) is 1.58. The van der Waals surface area contributed by atoms with E-state index in [1.807, 2.05) is 29.2 Å². The van der Waals surface area contributed by atoms with Crippen molar-refractivity contribution in [3.63, 3.8) is 0 Å². The lowest BCUT2D eigenvalue weighted by Gasteiger charge is -2.15. The molecule has 0 aliphatic carbocycles. The Bertz CT molecular complexity index is 788. The van der Waals surface area contributed by atoms with Crippen LogP contribution >= 0.6 is 0 Å². The Morgan fingerprint density at radius 1 is 1.20 bits per heavy atom. The van der Waals surface area contributed by atoms with Gasteiger partial charge in [0.25, 0.3) is 5.91 Å². The van der Waals surface area contributed by atoms with Gasteiger partial charge in [0, 0.05) is 37.2 Å².